The van der Waals surface area contributed by atoms with Crippen LogP contribution in [0.2, 0.25) is 10.0 Å². The molecule has 2 rings (SSSR count). The highest BCUT2D eigenvalue weighted by molar-refractivity contribution is 7.99. The number of carbonyl (C=O) groups excluding carboxylic acids is 2. The monoisotopic (exact) mass is 457 g/mol. The van der Waals surface area contributed by atoms with Gasteiger partial charge in [0.25, 0.3) is 0 Å². The van der Waals surface area contributed by atoms with Crippen LogP contribution in [0.4, 0.5) is 4.79 Å². The van der Waals surface area contributed by atoms with Gasteiger partial charge < -0.3 is 9.88 Å². The number of aromatic nitrogens is 3. The Labute approximate surface area is 184 Å². The fourth-order valence-electron chi connectivity index (χ4n) is 2.51. The number of benzene rings is 1. The van der Waals surface area contributed by atoms with Gasteiger partial charge in [-0.05, 0) is 30.5 Å². The van der Waals surface area contributed by atoms with Crippen molar-refractivity contribution in [3.63, 3.8) is 0 Å². The maximum Gasteiger partial charge on any atom is 0.321 e. The van der Waals surface area contributed by atoms with Crippen molar-refractivity contribution in [2.24, 2.45) is 5.92 Å². The average molecular weight is 458 g/mol. The van der Waals surface area contributed by atoms with Crippen molar-refractivity contribution in [1.29, 1.82) is 0 Å². The predicted octanol–water partition coefficient (Wildman–Crippen LogP) is 4.63. The van der Waals surface area contributed by atoms with Gasteiger partial charge in [-0.2, -0.15) is 0 Å². The molecule has 0 bridgehead atoms. The third-order valence-corrected chi connectivity index (χ3v) is 5.35. The molecule has 1 aromatic carbocycles. The van der Waals surface area contributed by atoms with E-state index in [1.807, 2.05) is 11.5 Å². The summed E-state index contributed by atoms with van der Waals surface area (Å²) >= 11 is 13.5. The number of halogens is 2. The summed E-state index contributed by atoms with van der Waals surface area (Å²) in [6, 6.07) is 4.72. The molecule has 0 saturated carbocycles. The Morgan fingerprint density at radius 2 is 2.00 bits per heavy atom. The van der Waals surface area contributed by atoms with Gasteiger partial charge in [0.05, 0.1) is 10.8 Å². The first kappa shape index (κ1) is 23.5. The van der Waals surface area contributed by atoms with E-state index in [9.17, 15) is 9.59 Å². The summed E-state index contributed by atoms with van der Waals surface area (Å²) in [5, 5.41) is 15.1. The molecule has 0 aliphatic carbocycles. The molecule has 2 aromatic rings. The summed E-state index contributed by atoms with van der Waals surface area (Å²) in [4.78, 5) is 23.8. The van der Waals surface area contributed by atoms with Crippen molar-refractivity contribution in [3.05, 3.63) is 28.2 Å². The van der Waals surface area contributed by atoms with Crippen molar-refractivity contribution in [2.45, 2.75) is 45.3 Å². The normalized spacial score (nSPS) is 11.0. The zero-order valence-corrected chi connectivity index (χ0v) is 19.0. The molecule has 0 atom stereocenters. The minimum Gasteiger partial charge on any atom is -0.338 e. The Kier molecular flexibility index (Phi) is 9.26. The van der Waals surface area contributed by atoms with Gasteiger partial charge in [-0.1, -0.05) is 62.2 Å². The number of nitrogens with one attached hydrogen (secondary N) is 2. The number of imide groups is 1. The second-order valence-corrected chi connectivity index (χ2v) is 8.67. The zero-order chi connectivity index (χ0) is 21.4. The Morgan fingerprint density at radius 1 is 1.24 bits per heavy atom. The van der Waals surface area contributed by atoms with E-state index in [2.05, 4.69) is 34.7 Å². The SMILES string of the molecule is CCCCNC(=O)NC(=O)CSc1nnc(-c2ccc(Cl)cc2Cl)n1CC(C)C. The molecule has 3 amide bonds. The topological polar surface area (TPSA) is 88.9 Å². The first-order chi connectivity index (χ1) is 13.8. The average Bonchev–Trinajstić information content (AvgIpc) is 3.02. The summed E-state index contributed by atoms with van der Waals surface area (Å²) in [5.41, 5.74) is 0.718. The van der Waals surface area contributed by atoms with Crippen molar-refractivity contribution < 1.29 is 9.59 Å². The summed E-state index contributed by atoms with van der Waals surface area (Å²) in [6.45, 7) is 7.38. The van der Waals surface area contributed by atoms with E-state index in [0.29, 0.717) is 40.0 Å². The van der Waals surface area contributed by atoms with E-state index in [1.54, 1.807) is 18.2 Å². The lowest BCUT2D eigenvalue weighted by molar-refractivity contribution is -0.117. The summed E-state index contributed by atoms with van der Waals surface area (Å²) in [6.07, 6.45) is 1.83. The Morgan fingerprint density at radius 3 is 2.66 bits per heavy atom. The quantitative estimate of drug-likeness (QED) is 0.423. The number of nitrogens with zero attached hydrogens (tertiary/aromatic N) is 3. The smallest absolute Gasteiger partial charge is 0.321 e. The molecule has 0 aliphatic heterocycles. The molecule has 7 nitrogen and oxygen atoms in total. The molecular weight excluding hydrogens is 433 g/mol. The molecule has 158 valence electrons. The Bertz CT molecular complexity index is 857. The number of unbranched alkanes of at least 4 members (excludes halogenated alkanes) is 1. The van der Waals surface area contributed by atoms with E-state index in [0.717, 1.165) is 18.4 Å². The van der Waals surface area contributed by atoms with Gasteiger partial charge in [0, 0.05) is 23.7 Å². The molecule has 0 aliphatic rings. The molecule has 2 N–H and O–H groups in total. The fourth-order valence-corrected chi connectivity index (χ4v) is 3.75. The van der Waals surface area contributed by atoms with Gasteiger partial charge in [-0.3, -0.25) is 10.1 Å². The molecule has 0 fully saturated rings. The van der Waals surface area contributed by atoms with Gasteiger partial charge in [0.15, 0.2) is 11.0 Å². The number of hydrogen-bond acceptors (Lipinski definition) is 5. The molecule has 10 heteroatoms. The second kappa shape index (κ2) is 11.4. The second-order valence-electron chi connectivity index (χ2n) is 6.88. The number of carbonyl (C=O) groups is 2. The standard InChI is InChI=1S/C19H25Cl2N5O2S/c1-4-5-8-22-18(28)23-16(27)11-29-19-25-24-17(26(19)10-12(2)3)14-7-6-13(20)9-15(14)21/h6-7,9,12H,4-5,8,10-11H2,1-3H3,(H2,22,23,27,28). The molecule has 29 heavy (non-hydrogen) atoms. The highest BCUT2D eigenvalue weighted by Crippen LogP contribution is 2.31. The van der Waals surface area contributed by atoms with Crippen LogP contribution in [0.3, 0.4) is 0 Å². The van der Waals surface area contributed by atoms with Crippen molar-refractivity contribution in [2.75, 3.05) is 12.3 Å². The highest BCUT2D eigenvalue weighted by atomic mass is 35.5. The van der Waals surface area contributed by atoms with E-state index < -0.39 is 11.9 Å². The van der Waals surface area contributed by atoms with Crippen LogP contribution in [-0.2, 0) is 11.3 Å². The van der Waals surface area contributed by atoms with Gasteiger partial charge in [0.2, 0.25) is 5.91 Å². The largest absolute Gasteiger partial charge is 0.338 e. The van der Waals surface area contributed by atoms with Gasteiger partial charge in [-0.25, -0.2) is 4.79 Å². The Hall–Kier alpha value is -1.77. The van der Waals surface area contributed by atoms with E-state index in [-0.39, 0.29) is 5.75 Å². The first-order valence-corrected chi connectivity index (χ1v) is 11.1. The number of urea groups is 1. The summed E-state index contributed by atoms with van der Waals surface area (Å²) in [5.74, 6) is 0.592. The van der Waals surface area contributed by atoms with Crippen LogP contribution in [0.1, 0.15) is 33.6 Å². The van der Waals surface area contributed by atoms with Crippen LogP contribution in [-0.4, -0.2) is 39.0 Å². The molecule has 0 saturated heterocycles. The number of thioether (sulfide) groups is 1. The minimum absolute atomic E-state index is 0.0474. The summed E-state index contributed by atoms with van der Waals surface area (Å²) in [7, 11) is 0. The summed E-state index contributed by atoms with van der Waals surface area (Å²) < 4.78 is 1.93. The minimum atomic E-state index is -0.485. The van der Waals surface area contributed by atoms with Crippen molar-refractivity contribution in [3.8, 4) is 11.4 Å². The van der Waals surface area contributed by atoms with Gasteiger partial charge in [-0.15, -0.1) is 10.2 Å². The van der Waals surface area contributed by atoms with Crippen molar-refractivity contribution in [1.82, 2.24) is 25.4 Å². The zero-order valence-electron chi connectivity index (χ0n) is 16.7. The number of rotatable bonds is 9. The number of amides is 3. The molecule has 0 spiro atoms. The van der Waals surface area contributed by atoms with Crippen LogP contribution >= 0.6 is 35.0 Å². The van der Waals surface area contributed by atoms with E-state index >= 15 is 0 Å². The Balaban J connectivity index is 2.10. The van der Waals surface area contributed by atoms with Crippen LogP contribution < -0.4 is 10.6 Å². The highest BCUT2D eigenvalue weighted by Gasteiger charge is 2.19. The van der Waals surface area contributed by atoms with Crippen LogP contribution in [0.5, 0.6) is 0 Å². The van der Waals surface area contributed by atoms with Crippen LogP contribution in [0, 0.1) is 5.92 Å². The third kappa shape index (κ3) is 7.21. The van der Waals surface area contributed by atoms with Crippen LogP contribution in [0.25, 0.3) is 11.4 Å². The predicted molar refractivity (Wildman–Crippen MR) is 117 cm³/mol. The first-order valence-electron chi connectivity index (χ1n) is 9.40. The van der Waals surface area contributed by atoms with Gasteiger partial charge in [0.1, 0.15) is 0 Å². The molecule has 1 aromatic heterocycles. The van der Waals surface area contributed by atoms with Crippen LogP contribution in [0.15, 0.2) is 23.4 Å². The molecule has 1 heterocycles. The maximum atomic E-state index is 12.1. The molecule has 0 radical (unpaired) electrons. The fraction of sp³-hybridized carbons (Fsp3) is 0.474. The maximum absolute atomic E-state index is 12.1. The third-order valence-electron chi connectivity index (χ3n) is 3.84. The lowest BCUT2D eigenvalue weighted by Gasteiger charge is -2.13. The molecule has 0 unspecified atom stereocenters. The van der Waals surface area contributed by atoms with E-state index in [4.69, 9.17) is 23.2 Å². The van der Waals surface area contributed by atoms with Gasteiger partial charge >= 0.3 is 6.03 Å². The lowest BCUT2D eigenvalue weighted by atomic mass is 10.2. The van der Waals surface area contributed by atoms with Crippen molar-refractivity contribution >= 4 is 46.9 Å². The lowest BCUT2D eigenvalue weighted by Crippen LogP contribution is -2.40. The van der Waals surface area contributed by atoms with E-state index in [1.165, 1.54) is 11.8 Å². The molecular formula is C19H25Cl2N5O2S. The number of hydrogen-bond donors (Lipinski definition) is 2.